The quantitative estimate of drug-likeness (QED) is 0.269. The molecule has 1 aliphatic rings. The van der Waals surface area contributed by atoms with Crippen molar-refractivity contribution in [3.8, 4) is 22.5 Å². The molecule has 7 rings (SSSR count). The van der Waals surface area contributed by atoms with Crippen LogP contribution in [0.4, 0.5) is 19.0 Å². The van der Waals surface area contributed by atoms with Crippen molar-refractivity contribution in [3.05, 3.63) is 98.8 Å². The van der Waals surface area contributed by atoms with Crippen LogP contribution in [-0.2, 0) is 12.7 Å². The van der Waals surface area contributed by atoms with E-state index >= 15 is 0 Å². The molecule has 0 amide bonds. The number of aliphatic hydroxyl groups excluding tert-OH is 1. The minimum atomic E-state index is -4.96. The molecule has 1 atom stereocenters. The Morgan fingerprint density at radius 2 is 1.80 bits per heavy atom. The van der Waals surface area contributed by atoms with Crippen molar-refractivity contribution < 1.29 is 22.8 Å². The van der Waals surface area contributed by atoms with E-state index in [1.54, 1.807) is 24.3 Å². The number of aromatic amines is 1. The van der Waals surface area contributed by atoms with Crippen molar-refractivity contribution in [1.82, 2.24) is 29.4 Å². The van der Waals surface area contributed by atoms with Crippen LogP contribution in [0.1, 0.15) is 17.7 Å². The molecule has 3 aromatic carbocycles. The number of nitrogens with zero attached hydrogens (tertiary/aromatic N) is 5. The third kappa shape index (κ3) is 4.64. The molecule has 0 saturated carbocycles. The van der Waals surface area contributed by atoms with Gasteiger partial charge in [0, 0.05) is 19.6 Å². The number of β-amino-alcohol motifs (C(OH)–C–C–N with tert-alkyl or cyclic N) is 1. The number of aromatic nitrogens is 5. The Morgan fingerprint density at radius 1 is 1.05 bits per heavy atom. The Bertz CT molecular complexity index is 2160. The van der Waals surface area contributed by atoms with Crippen LogP contribution in [0.2, 0.25) is 0 Å². The lowest BCUT2D eigenvalue weighted by Gasteiger charge is -2.18. The van der Waals surface area contributed by atoms with Crippen LogP contribution in [0.3, 0.4) is 0 Å². The molecule has 14 heteroatoms. The van der Waals surface area contributed by atoms with Crippen LogP contribution in [0, 0.1) is 0 Å². The van der Waals surface area contributed by atoms with E-state index in [-0.39, 0.29) is 23.3 Å². The van der Waals surface area contributed by atoms with Crippen molar-refractivity contribution >= 4 is 27.8 Å². The molecule has 44 heavy (non-hydrogen) atoms. The second-order valence-corrected chi connectivity index (χ2v) is 10.7. The summed E-state index contributed by atoms with van der Waals surface area (Å²) in [6.45, 7) is 2.02. The maximum absolute atomic E-state index is 14.0. The number of likely N-dealkylation sites (tertiary alicyclic amines) is 1. The zero-order valence-electron chi connectivity index (χ0n) is 22.9. The molecule has 3 aromatic heterocycles. The van der Waals surface area contributed by atoms with Crippen LogP contribution < -0.4 is 17.0 Å². The Hall–Kier alpha value is -5.21. The number of aliphatic hydroxyl groups is 1. The van der Waals surface area contributed by atoms with Gasteiger partial charge in [-0.3, -0.25) is 9.69 Å². The third-order valence-electron chi connectivity index (χ3n) is 7.82. The van der Waals surface area contributed by atoms with E-state index in [2.05, 4.69) is 20.1 Å². The Morgan fingerprint density at radius 3 is 2.52 bits per heavy atom. The number of H-pyrrole nitrogens is 1. The van der Waals surface area contributed by atoms with Crippen molar-refractivity contribution in [1.29, 1.82) is 0 Å². The number of hydrogen-bond donors (Lipinski definition) is 3. The number of fused-ring (bicyclic) bond motifs is 2. The van der Waals surface area contributed by atoms with Gasteiger partial charge in [-0.25, -0.2) is 14.0 Å². The van der Waals surface area contributed by atoms with Gasteiger partial charge in [-0.1, -0.05) is 41.6 Å². The molecule has 1 fully saturated rings. The van der Waals surface area contributed by atoms with E-state index in [1.165, 1.54) is 18.2 Å². The third-order valence-corrected chi connectivity index (χ3v) is 7.82. The summed E-state index contributed by atoms with van der Waals surface area (Å²) in [7, 11) is 0. The SMILES string of the molecule is Nc1noc2ccc(-n3nc(C(F)(F)F)c4[nH]c(=O)n(-c5ccc(-c6ccccc6CN6CC[C@@H](O)C6)cc5)c(=O)c43)cc12. The first-order valence-corrected chi connectivity index (χ1v) is 13.7. The number of nitrogens with one attached hydrogen (secondary N) is 1. The van der Waals surface area contributed by atoms with Gasteiger partial charge in [0.15, 0.2) is 22.6 Å². The summed E-state index contributed by atoms with van der Waals surface area (Å²) in [5.41, 5.74) is 4.49. The number of alkyl halides is 3. The van der Waals surface area contributed by atoms with Crippen LogP contribution >= 0.6 is 0 Å². The smallest absolute Gasteiger partial charge is 0.392 e. The van der Waals surface area contributed by atoms with Gasteiger partial charge in [-0.15, -0.1) is 0 Å². The molecule has 0 unspecified atom stereocenters. The summed E-state index contributed by atoms with van der Waals surface area (Å²) in [5.74, 6) is 0.0138. The lowest BCUT2D eigenvalue weighted by molar-refractivity contribution is -0.140. The minimum absolute atomic E-state index is 0.0138. The molecule has 6 aromatic rings. The lowest BCUT2D eigenvalue weighted by atomic mass is 9.99. The van der Waals surface area contributed by atoms with Crippen molar-refractivity contribution in [2.24, 2.45) is 0 Å². The number of rotatable bonds is 5. The molecule has 11 nitrogen and oxygen atoms in total. The fourth-order valence-corrected chi connectivity index (χ4v) is 5.72. The molecule has 1 saturated heterocycles. The molecule has 0 spiro atoms. The summed E-state index contributed by atoms with van der Waals surface area (Å²) < 4.78 is 48.7. The van der Waals surface area contributed by atoms with Gasteiger partial charge in [-0.05, 0) is 53.4 Å². The van der Waals surface area contributed by atoms with Gasteiger partial charge in [0.2, 0.25) is 0 Å². The van der Waals surface area contributed by atoms with Gasteiger partial charge in [-0.2, -0.15) is 18.3 Å². The number of anilines is 1. The second kappa shape index (κ2) is 10.2. The first kappa shape index (κ1) is 27.6. The number of benzene rings is 3. The zero-order valence-corrected chi connectivity index (χ0v) is 22.9. The predicted molar refractivity (Wildman–Crippen MR) is 156 cm³/mol. The largest absolute Gasteiger partial charge is 0.437 e. The second-order valence-electron chi connectivity index (χ2n) is 10.7. The van der Waals surface area contributed by atoms with Gasteiger partial charge >= 0.3 is 11.9 Å². The number of nitrogens with two attached hydrogens (primary N) is 1. The maximum atomic E-state index is 14.0. The van der Waals surface area contributed by atoms with E-state index in [1.807, 2.05) is 24.3 Å². The molecule has 4 N–H and O–H groups in total. The Kier molecular flexibility index (Phi) is 6.41. The first-order valence-electron chi connectivity index (χ1n) is 13.7. The molecule has 1 aliphatic heterocycles. The molecule has 0 radical (unpaired) electrons. The zero-order chi connectivity index (χ0) is 30.7. The van der Waals surface area contributed by atoms with E-state index in [0.717, 1.165) is 38.9 Å². The van der Waals surface area contributed by atoms with E-state index < -0.39 is 34.2 Å². The highest BCUT2D eigenvalue weighted by molar-refractivity contribution is 5.89. The molecule has 0 bridgehead atoms. The summed E-state index contributed by atoms with van der Waals surface area (Å²) in [6.07, 6.45) is -4.59. The Labute approximate surface area is 245 Å². The predicted octanol–water partition coefficient (Wildman–Crippen LogP) is 3.84. The van der Waals surface area contributed by atoms with Crippen molar-refractivity contribution in [2.75, 3.05) is 18.8 Å². The van der Waals surface area contributed by atoms with E-state index in [4.69, 9.17) is 10.3 Å². The van der Waals surface area contributed by atoms with Gasteiger partial charge in [0.05, 0.1) is 22.9 Å². The number of halogens is 3. The van der Waals surface area contributed by atoms with Crippen LogP contribution in [0.15, 0.2) is 80.8 Å². The lowest BCUT2D eigenvalue weighted by Crippen LogP contribution is -2.34. The number of nitrogen functional groups attached to an aromatic ring is 1. The van der Waals surface area contributed by atoms with Crippen LogP contribution in [0.5, 0.6) is 0 Å². The standard InChI is InChI=1S/C30H24F3N7O4/c31-30(32,33)26-24-25(40(36-26)19-9-10-23-22(13-19)27(34)37-44-23)28(42)39(29(43)35-24)18-7-5-16(6-8-18)21-4-2-1-3-17(21)14-38-12-11-20(41)15-38/h1-10,13,20,41H,11-12,14-15H2,(H2,34,37)(H,35,43)/t20-/m1/s1. The van der Waals surface area contributed by atoms with E-state index in [9.17, 15) is 27.9 Å². The average Bonchev–Trinajstić information content (AvgIpc) is 3.70. The van der Waals surface area contributed by atoms with Gasteiger partial charge in [0.25, 0.3) is 5.56 Å². The average molecular weight is 604 g/mol. The van der Waals surface area contributed by atoms with Crippen LogP contribution in [0.25, 0.3) is 44.5 Å². The first-order chi connectivity index (χ1) is 21.1. The Balaban J connectivity index is 1.34. The van der Waals surface area contributed by atoms with Crippen LogP contribution in [-0.4, -0.2) is 53.7 Å². The highest BCUT2D eigenvalue weighted by Gasteiger charge is 2.39. The summed E-state index contributed by atoms with van der Waals surface area (Å²) in [6, 6.07) is 18.6. The molecular weight excluding hydrogens is 579 g/mol. The fourth-order valence-electron chi connectivity index (χ4n) is 5.72. The minimum Gasteiger partial charge on any atom is -0.392 e. The molecule has 224 valence electrons. The van der Waals surface area contributed by atoms with E-state index in [0.29, 0.717) is 24.1 Å². The normalized spacial score (nSPS) is 16.0. The topological polar surface area (TPSA) is 148 Å². The monoisotopic (exact) mass is 603 g/mol. The highest BCUT2D eigenvalue weighted by atomic mass is 19.4. The molecule has 4 heterocycles. The fraction of sp³-hybridized carbons (Fsp3) is 0.200. The number of hydrogen-bond acceptors (Lipinski definition) is 8. The summed E-state index contributed by atoms with van der Waals surface area (Å²) in [4.78, 5) is 31.4. The summed E-state index contributed by atoms with van der Waals surface area (Å²) >= 11 is 0. The van der Waals surface area contributed by atoms with Gasteiger partial charge in [0.1, 0.15) is 5.52 Å². The maximum Gasteiger partial charge on any atom is 0.437 e. The van der Waals surface area contributed by atoms with Gasteiger partial charge < -0.3 is 20.3 Å². The van der Waals surface area contributed by atoms with Crippen molar-refractivity contribution in [2.45, 2.75) is 25.2 Å². The molecule has 0 aliphatic carbocycles. The van der Waals surface area contributed by atoms with Crippen molar-refractivity contribution in [3.63, 3.8) is 0 Å². The highest BCUT2D eigenvalue weighted by Crippen LogP contribution is 2.34. The summed E-state index contributed by atoms with van der Waals surface area (Å²) in [5, 5.41) is 17.6. The molecular formula is C30H24F3N7O4.